The Balaban J connectivity index is 1.20. The fraction of sp³-hybridized carbons (Fsp3) is 0.476. The van der Waals surface area contributed by atoms with Crippen molar-refractivity contribution in [3.63, 3.8) is 0 Å². The molecule has 1 aliphatic carbocycles. The number of hydrogen-bond acceptors (Lipinski definition) is 4. The van der Waals surface area contributed by atoms with Gasteiger partial charge in [-0.25, -0.2) is 4.39 Å². The van der Waals surface area contributed by atoms with Crippen LogP contribution in [0.25, 0.3) is 0 Å². The van der Waals surface area contributed by atoms with Gasteiger partial charge in [-0.15, -0.1) is 11.3 Å². The van der Waals surface area contributed by atoms with Crippen LogP contribution in [-0.2, 0) is 6.42 Å². The number of halogens is 1. The van der Waals surface area contributed by atoms with E-state index in [0.29, 0.717) is 11.7 Å². The maximum absolute atomic E-state index is 13.0. The van der Waals surface area contributed by atoms with Crippen molar-refractivity contribution >= 4 is 22.8 Å². The molecule has 3 nitrogen and oxygen atoms in total. The first-order valence-electron chi connectivity index (χ1n) is 9.51. The molecule has 0 amide bonds. The lowest BCUT2D eigenvalue weighted by Gasteiger charge is -2.36. The monoisotopic (exact) mass is 372 g/mol. The zero-order valence-electron chi connectivity index (χ0n) is 15.0. The molecular weight excluding hydrogens is 347 g/mol. The summed E-state index contributed by atoms with van der Waals surface area (Å²) in [4.78, 5) is 18.3. The first-order chi connectivity index (χ1) is 12.7. The lowest BCUT2D eigenvalue weighted by Crippen LogP contribution is -2.46. The number of fused-ring (bicyclic) bond motifs is 1. The first kappa shape index (κ1) is 17.7. The lowest BCUT2D eigenvalue weighted by molar-refractivity contribution is 0.0945. The van der Waals surface area contributed by atoms with Crippen LogP contribution in [0.3, 0.4) is 0 Å². The number of Topliss-reactive ketones (excluding diaryl/α,β-unsaturated/α-hetero) is 1. The Morgan fingerprint density at radius 3 is 2.58 bits per heavy atom. The highest BCUT2D eigenvalue weighted by molar-refractivity contribution is 7.10. The van der Waals surface area contributed by atoms with Gasteiger partial charge in [0.2, 0.25) is 0 Å². The topological polar surface area (TPSA) is 23.6 Å². The molecule has 26 heavy (non-hydrogen) atoms. The standard InChI is InChI=1S/C21H25FN2OS/c22-17-3-5-18(6-4-17)24-11-9-23(10-12-24)8-1-2-16-14-20(25)19-7-13-26-21(19)15-16/h3-7,13,16H,1-2,8-12,14-15H2. The lowest BCUT2D eigenvalue weighted by atomic mass is 9.85. The van der Waals surface area contributed by atoms with Gasteiger partial charge in [0.1, 0.15) is 5.82 Å². The number of ketones is 1. The molecule has 2 aliphatic rings. The number of piperazine rings is 1. The molecule has 1 atom stereocenters. The normalized spacial score (nSPS) is 21.0. The minimum absolute atomic E-state index is 0.178. The number of rotatable bonds is 5. The summed E-state index contributed by atoms with van der Waals surface area (Å²) >= 11 is 1.73. The molecule has 0 bridgehead atoms. The van der Waals surface area contributed by atoms with Crippen LogP contribution in [0.1, 0.15) is 34.5 Å². The van der Waals surface area contributed by atoms with E-state index in [-0.39, 0.29) is 5.82 Å². The maximum Gasteiger partial charge on any atom is 0.164 e. The molecule has 2 heterocycles. The van der Waals surface area contributed by atoms with Crippen LogP contribution in [-0.4, -0.2) is 43.4 Å². The zero-order chi connectivity index (χ0) is 17.9. The van der Waals surface area contributed by atoms with Gasteiger partial charge in [0.05, 0.1) is 0 Å². The third kappa shape index (κ3) is 3.99. The van der Waals surface area contributed by atoms with Crippen molar-refractivity contribution in [3.05, 3.63) is 52.0 Å². The highest BCUT2D eigenvalue weighted by Crippen LogP contribution is 2.31. The smallest absolute Gasteiger partial charge is 0.164 e. The van der Waals surface area contributed by atoms with Gasteiger partial charge in [0.25, 0.3) is 0 Å². The molecule has 1 saturated heterocycles. The molecule has 0 spiro atoms. The van der Waals surface area contributed by atoms with Crippen LogP contribution in [0.5, 0.6) is 0 Å². The van der Waals surface area contributed by atoms with Crippen LogP contribution in [0.4, 0.5) is 10.1 Å². The summed E-state index contributed by atoms with van der Waals surface area (Å²) in [5.41, 5.74) is 2.08. The average Bonchev–Trinajstić information content (AvgIpc) is 3.12. The Kier molecular flexibility index (Phi) is 5.36. The van der Waals surface area contributed by atoms with Crippen molar-refractivity contribution in [2.45, 2.75) is 25.7 Å². The summed E-state index contributed by atoms with van der Waals surface area (Å²) in [5.74, 6) is 0.683. The molecule has 1 unspecified atom stereocenters. The van der Waals surface area contributed by atoms with E-state index in [9.17, 15) is 9.18 Å². The van der Waals surface area contributed by atoms with Crippen molar-refractivity contribution in [2.75, 3.05) is 37.6 Å². The summed E-state index contributed by atoms with van der Waals surface area (Å²) in [5, 5.41) is 2.05. The Bertz CT molecular complexity index is 750. The fourth-order valence-electron chi connectivity index (χ4n) is 4.14. The Hall–Kier alpha value is -1.72. The van der Waals surface area contributed by atoms with E-state index in [0.717, 1.165) is 69.7 Å². The summed E-state index contributed by atoms with van der Waals surface area (Å²) in [7, 11) is 0. The Morgan fingerprint density at radius 2 is 1.81 bits per heavy atom. The zero-order valence-corrected chi connectivity index (χ0v) is 15.8. The minimum Gasteiger partial charge on any atom is -0.369 e. The average molecular weight is 373 g/mol. The number of anilines is 1. The van der Waals surface area contributed by atoms with E-state index in [1.165, 1.54) is 17.0 Å². The van der Waals surface area contributed by atoms with Crippen molar-refractivity contribution in [3.8, 4) is 0 Å². The highest BCUT2D eigenvalue weighted by Gasteiger charge is 2.26. The van der Waals surface area contributed by atoms with Crippen LogP contribution in [0.2, 0.25) is 0 Å². The third-order valence-electron chi connectivity index (χ3n) is 5.64. The summed E-state index contributed by atoms with van der Waals surface area (Å²) in [6.45, 7) is 5.20. The number of nitrogens with zero attached hydrogens (tertiary/aromatic N) is 2. The molecular formula is C21H25FN2OS. The molecule has 1 aliphatic heterocycles. The Labute approximate surface area is 158 Å². The number of carbonyl (C=O) groups is 1. The molecule has 1 aromatic heterocycles. The minimum atomic E-state index is -0.178. The van der Waals surface area contributed by atoms with E-state index in [4.69, 9.17) is 0 Å². The molecule has 1 aromatic carbocycles. The molecule has 2 aromatic rings. The van der Waals surface area contributed by atoms with Crippen LogP contribution < -0.4 is 4.90 Å². The largest absolute Gasteiger partial charge is 0.369 e. The summed E-state index contributed by atoms with van der Waals surface area (Å²) in [6.07, 6.45) is 4.11. The number of benzene rings is 1. The quantitative estimate of drug-likeness (QED) is 0.785. The number of thiophene rings is 1. The van der Waals surface area contributed by atoms with E-state index in [1.54, 1.807) is 11.3 Å². The molecule has 0 radical (unpaired) electrons. The van der Waals surface area contributed by atoms with Gasteiger partial charge in [-0.2, -0.15) is 0 Å². The molecule has 5 heteroatoms. The number of carbonyl (C=O) groups excluding carboxylic acids is 1. The first-order valence-corrected chi connectivity index (χ1v) is 10.4. The van der Waals surface area contributed by atoms with Crippen molar-refractivity contribution in [1.82, 2.24) is 4.90 Å². The second-order valence-electron chi connectivity index (χ2n) is 7.40. The fourth-order valence-corrected chi connectivity index (χ4v) is 5.15. The van der Waals surface area contributed by atoms with Crippen molar-refractivity contribution in [1.29, 1.82) is 0 Å². The molecule has 1 fully saturated rings. The molecule has 0 saturated carbocycles. The Morgan fingerprint density at radius 1 is 1.04 bits per heavy atom. The van der Waals surface area contributed by atoms with E-state index in [2.05, 4.69) is 9.80 Å². The van der Waals surface area contributed by atoms with E-state index < -0.39 is 0 Å². The van der Waals surface area contributed by atoms with Gasteiger partial charge in [0.15, 0.2) is 5.78 Å². The van der Waals surface area contributed by atoms with Crippen LogP contribution >= 0.6 is 11.3 Å². The van der Waals surface area contributed by atoms with Crippen LogP contribution in [0, 0.1) is 11.7 Å². The summed E-state index contributed by atoms with van der Waals surface area (Å²) in [6, 6.07) is 8.78. The van der Waals surface area contributed by atoms with Gasteiger partial charge < -0.3 is 4.90 Å². The SMILES string of the molecule is O=C1CC(CCCN2CCN(c3ccc(F)cc3)CC2)Cc2sccc21. The van der Waals surface area contributed by atoms with Gasteiger partial charge in [0, 0.05) is 48.7 Å². The summed E-state index contributed by atoms with van der Waals surface area (Å²) < 4.78 is 13.0. The van der Waals surface area contributed by atoms with Crippen molar-refractivity contribution < 1.29 is 9.18 Å². The van der Waals surface area contributed by atoms with Gasteiger partial charge in [-0.1, -0.05) is 0 Å². The van der Waals surface area contributed by atoms with Gasteiger partial charge in [-0.3, -0.25) is 9.69 Å². The number of hydrogen-bond donors (Lipinski definition) is 0. The second kappa shape index (κ2) is 7.89. The predicted octanol–water partition coefficient (Wildman–Crippen LogP) is 4.23. The molecule has 138 valence electrons. The van der Waals surface area contributed by atoms with E-state index in [1.807, 2.05) is 23.6 Å². The maximum atomic E-state index is 13.0. The second-order valence-corrected chi connectivity index (χ2v) is 8.40. The third-order valence-corrected chi connectivity index (χ3v) is 6.59. The molecule has 0 N–H and O–H groups in total. The predicted molar refractivity (Wildman–Crippen MR) is 105 cm³/mol. The van der Waals surface area contributed by atoms with Gasteiger partial charge in [-0.05, 0) is 67.4 Å². The highest BCUT2D eigenvalue weighted by atomic mass is 32.1. The molecule has 4 rings (SSSR count). The van der Waals surface area contributed by atoms with Gasteiger partial charge >= 0.3 is 0 Å². The van der Waals surface area contributed by atoms with Crippen molar-refractivity contribution in [2.24, 2.45) is 5.92 Å². The van der Waals surface area contributed by atoms with E-state index >= 15 is 0 Å². The van der Waals surface area contributed by atoms with Crippen LogP contribution in [0.15, 0.2) is 35.7 Å².